The number of hydrogen-bond donors (Lipinski definition) is 0. The second kappa shape index (κ2) is 6.07. The number of benzene rings is 1. The zero-order valence-electron chi connectivity index (χ0n) is 12.2. The Kier molecular flexibility index (Phi) is 4.42. The average Bonchev–Trinajstić information content (AvgIpc) is 2.81. The monoisotopic (exact) mass is 275 g/mol. The van der Waals surface area contributed by atoms with E-state index < -0.39 is 6.09 Å². The first-order chi connectivity index (χ1) is 9.50. The molecule has 108 valence electrons. The molecular weight excluding hydrogens is 254 g/mol. The third-order valence-electron chi connectivity index (χ3n) is 3.96. The van der Waals surface area contributed by atoms with E-state index in [-0.39, 0.29) is 24.5 Å². The van der Waals surface area contributed by atoms with Gasteiger partial charge in [-0.05, 0) is 17.4 Å². The van der Waals surface area contributed by atoms with Gasteiger partial charge in [0.15, 0.2) is 0 Å². The molecule has 1 fully saturated rings. The van der Waals surface area contributed by atoms with Crippen LogP contribution in [-0.4, -0.2) is 23.5 Å². The van der Waals surface area contributed by atoms with Crippen molar-refractivity contribution >= 4 is 12.0 Å². The molecule has 1 unspecified atom stereocenters. The normalized spacial score (nSPS) is 20.1. The van der Waals surface area contributed by atoms with Crippen molar-refractivity contribution in [2.75, 3.05) is 6.61 Å². The Morgan fingerprint density at radius 3 is 2.55 bits per heavy atom. The van der Waals surface area contributed by atoms with Crippen LogP contribution in [0.25, 0.3) is 0 Å². The lowest BCUT2D eigenvalue weighted by Gasteiger charge is -2.22. The van der Waals surface area contributed by atoms with Gasteiger partial charge in [-0.3, -0.25) is 4.79 Å². The average molecular weight is 275 g/mol. The van der Waals surface area contributed by atoms with E-state index in [2.05, 4.69) is 13.8 Å². The minimum Gasteiger partial charge on any atom is -0.446 e. The molecule has 4 heteroatoms. The van der Waals surface area contributed by atoms with Gasteiger partial charge in [0.2, 0.25) is 5.91 Å². The van der Waals surface area contributed by atoms with Crippen LogP contribution in [0.4, 0.5) is 4.79 Å². The highest BCUT2D eigenvalue weighted by Crippen LogP contribution is 2.29. The summed E-state index contributed by atoms with van der Waals surface area (Å²) in [5, 5.41) is 0. The molecule has 1 aliphatic heterocycles. The van der Waals surface area contributed by atoms with Crippen LogP contribution in [0.5, 0.6) is 0 Å². The van der Waals surface area contributed by atoms with E-state index in [1.54, 1.807) is 0 Å². The maximum Gasteiger partial charge on any atom is 0.417 e. The number of hydrogen-bond acceptors (Lipinski definition) is 3. The van der Waals surface area contributed by atoms with Gasteiger partial charge in [0, 0.05) is 6.42 Å². The van der Waals surface area contributed by atoms with E-state index in [0.717, 1.165) is 5.56 Å². The lowest BCUT2D eigenvalue weighted by molar-refractivity contribution is -0.130. The predicted molar refractivity (Wildman–Crippen MR) is 76.0 cm³/mol. The van der Waals surface area contributed by atoms with Crippen molar-refractivity contribution in [2.24, 2.45) is 11.8 Å². The Bertz CT molecular complexity index is 484. The summed E-state index contributed by atoms with van der Waals surface area (Å²) in [7, 11) is 0. The predicted octanol–water partition coefficient (Wildman–Crippen LogP) is 3.39. The summed E-state index contributed by atoms with van der Waals surface area (Å²) in [6, 6.07) is 9.25. The molecule has 0 aromatic heterocycles. The Balaban J connectivity index is 2.15. The lowest BCUT2D eigenvalue weighted by Crippen LogP contribution is -2.35. The second-order valence-corrected chi connectivity index (χ2v) is 5.69. The van der Waals surface area contributed by atoms with Crippen LogP contribution in [0.15, 0.2) is 30.3 Å². The van der Waals surface area contributed by atoms with Gasteiger partial charge in [0.05, 0.1) is 0 Å². The van der Waals surface area contributed by atoms with Crippen molar-refractivity contribution in [3.05, 3.63) is 35.9 Å². The van der Waals surface area contributed by atoms with Crippen molar-refractivity contribution in [3.8, 4) is 0 Å². The topological polar surface area (TPSA) is 46.6 Å². The number of cyclic esters (lactones) is 1. The van der Waals surface area contributed by atoms with Crippen molar-refractivity contribution in [3.63, 3.8) is 0 Å². The minimum absolute atomic E-state index is 0.150. The summed E-state index contributed by atoms with van der Waals surface area (Å²) in [4.78, 5) is 25.5. The molecule has 1 aromatic carbocycles. The Labute approximate surface area is 119 Å². The quantitative estimate of drug-likeness (QED) is 0.846. The number of nitrogens with zero attached hydrogens (tertiary/aromatic N) is 1. The standard InChI is InChI=1S/C16H21NO3/c1-11(2)12(3)9-15(18)17-14(10-20-16(17)19)13-7-5-4-6-8-13/h4-8,11-12,14H,9-10H2,1-3H3/t12?,14-/m1/s1. The highest BCUT2D eigenvalue weighted by molar-refractivity contribution is 5.93. The molecule has 1 heterocycles. The fourth-order valence-corrected chi connectivity index (χ4v) is 2.23. The van der Waals surface area contributed by atoms with Gasteiger partial charge in [-0.2, -0.15) is 0 Å². The first-order valence-electron chi connectivity index (χ1n) is 7.04. The number of imide groups is 1. The van der Waals surface area contributed by atoms with Crippen LogP contribution in [0, 0.1) is 11.8 Å². The molecule has 0 saturated carbocycles. The SMILES string of the molecule is CC(C)C(C)CC(=O)N1C(=O)OC[C@@H]1c1ccccc1. The summed E-state index contributed by atoms with van der Waals surface area (Å²) in [6.45, 7) is 6.43. The van der Waals surface area contributed by atoms with Crippen LogP contribution in [0.3, 0.4) is 0 Å². The van der Waals surface area contributed by atoms with E-state index in [1.165, 1.54) is 4.90 Å². The summed E-state index contributed by atoms with van der Waals surface area (Å²) in [6.07, 6.45) is -0.157. The fraction of sp³-hybridized carbons (Fsp3) is 0.500. The van der Waals surface area contributed by atoms with Crippen LogP contribution in [-0.2, 0) is 9.53 Å². The van der Waals surface area contributed by atoms with Gasteiger partial charge in [-0.1, -0.05) is 51.1 Å². The number of amides is 2. The molecule has 0 spiro atoms. The first kappa shape index (κ1) is 14.6. The van der Waals surface area contributed by atoms with Gasteiger partial charge >= 0.3 is 6.09 Å². The number of ether oxygens (including phenoxy) is 1. The molecule has 2 rings (SSSR count). The molecule has 0 bridgehead atoms. The van der Waals surface area contributed by atoms with Crippen LogP contribution in [0.2, 0.25) is 0 Å². The van der Waals surface area contributed by atoms with Crippen molar-refractivity contribution < 1.29 is 14.3 Å². The fourth-order valence-electron chi connectivity index (χ4n) is 2.23. The van der Waals surface area contributed by atoms with Gasteiger partial charge in [-0.25, -0.2) is 9.69 Å². The molecule has 20 heavy (non-hydrogen) atoms. The zero-order valence-corrected chi connectivity index (χ0v) is 12.2. The Morgan fingerprint density at radius 1 is 1.30 bits per heavy atom. The smallest absolute Gasteiger partial charge is 0.417 e. The lowest BCUT2D eigenvalue weighted by atomic mass is 9.94. The van der Waals surface area contributed by atoms with Gasteiger partial charge in [0.25, 0.3) is 0 Å². The maximum atomic E-state index is 12.4. The van der Waals surface area contributed by atoms with E-state index in [9.17, 15) is 9.59 Å². The number of rotatable bonds is 4. The van der Waals surface area contributed by atoms with Crippen molar-refractivity contribution in [1.82, 2.24) is 4.90 Å². The molecule has 1 aliphatic rings. The molecule has 1 saturated heterocycles. The van der Waals surface area contributed by atoms with E-state index in [1.807, 2.05) is 37.3 Å². The summed E-state index contributed by atoms with van der Waals surface area (Å²) < 4.78 is 5.06. The van der Waals surface area contributed by atoms with Crippen molar-refractivity contribution in [1.29, 1.82) is 0 Å². The zero-order chi connectivity index (χ0) is 14.7. The van der Waals surface area contributed by atoms with Gasteiger partial charge in [0.1, 0.15) is 12.6 Å². The molecule has 0 aliphatic carbocycles. The summed E-state index contributed by atoms with van der Waals surface area (Å²) >= 11 is 0. The van der Waals surface area contributed by atoms with Crippen LogP contribution >= 0.6 is 0 Å². The number of carbonyl (C=O) groups excluding carboxylic acids is 2. The maximum absolute atomic E-state index is 12.4. The molecule has 0 radical (unpaired) electrons. The van der Waals surface area contributed by atoms with Crippen molar-refractivity contribution in [2.45, 2.75) is 33.2 Å². The number of carbonyl (C=O) groups is 2. The molecule has 0 N–H and O–H groups in total. The Morgan fingerprint density at radius 2 is 1.95 bits per heavy atom. The molecule has 2 amide bonds. The van der Waals surface area contributed by atoms with Gasteiger partial charge < -0.3 is 4.74 Å². The highest BCUT2D eigenvalue weighted by Gasteiger charge is 2.39. The minimum atomic E-state index is -0.528. The molecular formula is C16H21NO3. The van der Waals surface area contributed by atoms with Crippen LogP contribution < -0.4 is 0 Å². The summed E-state index contributed by atoms with van der Waals surface area (Å²) in [5.74, 6) is 0.502. The highest BCUT2D eigenvalue weighted by atomic mass is 16.6. The first-order valence-corrected chi connectivity index (χ1v) is 7.04. The van der Waals surface area contributed by atoms with E-state index in [0.29, 0.717) is 12.3 Å². The third kappa shape index (κ3) is 3.00. The largest absolute Gasteiger partial charge is 0.446 e. The molecule has 2 atom stereocenters. The second-order valence-electron chi connectivity index (χ2n) is 5.69. The van der Waals surface area contributed by atoms with E-state index in [4.69, 9.17) is 4.74 Å². The Hall–Kier alpha value is -1.84. The summed E-state index contributed by atoms with van der Waals surface area (Å²) in [5.41, 5.74) is 0.934. The molecule has 4 nitrogen and oxygen atoms in total. The van der Waals surface area contributed by atoms with Gasteiger partial charge in [-0.15, -0.1) is 0 Å². The van der Waals surface area contributed by atoms with Crippen LogP contribution in [0.1, 0.15) is 38.8 Å². The molecule has 1 aromatic rings. The third-order valence-corrected chi connectivity index (χ3v) is 3.96. The van der Waals surface area contributed by atoms with E-state index >= 15 is 0 Å².